The van der Waals surface area contributed by atoms with E-state index >= 15 is 8.78 Å². The first-order valence-corrected chi connectivity index (χ1v) is 19.4. The second kappa shape index (κ2) is 13.9. The molecule has 1 unspecified atom stereocenters. The normalized spacial score (nSPS) is 19.8. The van der Waals surface area contributed by atoms with E-state index in [0.29, 0.717) is 75.0 Å². The zero-order valence-corrected chi connectivity index (χ0v) is 31.8. The highest BCUT2D eigenvalue weighted by Crippen LogP contribution is 2.62. The first kappa shape index (κ1) is 35.6. The molecule has 284 valence electrons. The van der Waals surface area contributed by atoms with Crippen molar-refractivity contribution in [1.29, 1.82) is 0 Å². The lowest BCUT2D eigenvalue weighted by Gasteiger charge is -2.40. The van der Waals surface area contributed by atoms with E-state index in [0.717, 1.165) is 74.9 Å². The monoisotopic (exact) mass is 744 g/mol. The smallest absolute Gasteiger partial charge is 0.178 e. The molecule has 7 nitrogen and oxygen atoms in total. The van der Waals surface area contributed by atoms with E-state index in [-0.39, 0.29) is 0 Å². The average molecular weight is 745 g/mol. The van der Waals surface area contributed by atoms with E-state index in [1.54, 1.807) is 14.2 Å². The maximum Gasteiger partial charge on any atom is 0.178 e. The molecule has 3 heterocycles. The highest BCUT2D eigenvalue weighted by molar-refractivity contribution is 6.10. The Kier molecular flexibility index (Phi) is 8.97. The van der Waals surface area contributed by atoms with Gasteiger partial charge in [0.05, 0.1) is 46.3 Å². The predicted molar refractivity (Wildman–Crippen MR) is 213 cm³/mol. The van der Waals surface area contributed by atoms with E-state index in [1.165, 1.54) is 6.07 Å². The Balaban J connectivity index is 1.33. The summed E-state index contributed by atoms with van der Waals surface area (Å²) in [6.07, 6.45) is 5.52. The van der Waals surface area contributed by atoms with Crippen molar-refractivity contribution < 1.29 is 32.5 Å². The molecule has 0 radical (unpaired) electrons. The number of benzene rings is 5. The van der Waals surface area contributed by atoms with Crippen LogP contribution in [0, 0.1) is 11.6 Å². The van der Waals surface area contributed by atoms with E-state index in [2.05, 4.69) is 66.1 Å². The largest absolute Gasteiger partial charge is 0.497 e. The molecule has 5 aromatic rings. The molecule has 0 bridgehead atoms. The number of rotatable bonds is 8. The van der Waals surface area contributed by atoms with Crippen molar-refractivity contribution in [2.45, 2.75) is 37.7 Å². The highest BCUT2D eigenvalue weighted by Gasteiger charge is 2.49. The van der Waals surface area contributed by atoms with Crippen LogP contribution in [0.2, 0.25) is 0 Å². The second-order valence-corrected chi connectivity index (χ2v) is 14.8. The Morgan fingerprint density at radius 1 is 0.709 bits per heavy atom. The molecule has 1 aliphatic carbocycles. The van der Waals surface area contributed by atoms with Crippen LogP contribution in [-0.2, 0) is 20.5 Å². The van der Waals surface area contributed by atoms with Crippen molar-refractivity contribution in [3.05, 3.63) is 118 Å². The van der Waals surface area contributed by atoms with Gasteiger partial charge in [-0.05, 0) is 83.5 Å². The Morgan fingerprint density at radius 3 is 1.96 bits per heavy atom. The van der Waals surface area contributed by atoms with Gasteiger partial charge in [0.25, 0.3) is 0 Å². The number of ether oxygens (including phenoxy) is 5. The Hall–Kier alpha value is -5.12. The minimum absolute atomic E-state index is 0.521. The predicted octanol–water partition coefficient (Wildman–Crippen LogP) is 9.24. The summed E-state index contributed by atoms with van der Waals surface area (Å²) in [6.45, 7) is 9.85. The quantitative estimate of drug-likeness (QED) is 0.157. The summed E-state index contributed by atoms with van der Waals surface area (Å²) in [6, 6.07) is 23.3. The molecule has 2 saturated heterocycles. The van der Waals surface area contributed by atoms with Gasteiger partial charge in [-0.15, -0.1) is 0 Å². The number of hydrogen-bond acceptors (Lipinski definition) is 7. The van der Waals surface area contributed by atoms with Crippen LogP contribution in [0.4, 0.5) is 20.2 Å². The highest BCUT2D eigenvalue weighted by atomic mass is 19.1. The lowest BCUT2D eigenvalue weighted by molar-refractivity contribution is 0.122. The standard InChI is InChI=1S/C46H46F2N2O5/c1-5-45(6-2)42-37(25-31(47)26-38(42)48)41-35-27-39(50-19-23-54-24-20-50)40(52-4)28-36(35)44-34(43(41)45)15-16-46(55-44,30-9-13-33(51-3)14-10-30)29-7-11-32(12-8-29)49-17-21-53-22-18-49/h7-16,25-28H,5-6,17-24H2,1-4H3. The van der Waals surface area contributed by atoms with Gasteiger partial charge in [-0.25, -0.2) is 8.78 Å². The van der Waals surface area contributed by atoms with Crippen molar-refractivity contribution in [3.63, 3.8) is 0 Å². The molecule has 3 aliphatic heterocycles. The van der Waals surface area contributed by atoms with E-state index < -0.39 is 22.7 Å². The molecule has 0 spiro atoms. The fraction of sp³-hybridized carbons (Fsp3) is 0.348. The number of halogens is 2. The lowest BCUT2D eigenvalue weighted by atomic mass is 9.71. The van der Waals surface area contributed by atoms with Gasteiger partial charge >= 0.3 is 0 Å². The van der Waals surface area contributed by atoms with Crippen LogP contribution < -0.4 is 24.0 Å². The average Bonchev–Trinajstić information content (AvgIpc) is 3.54. The fourth-order valence-corrected chi connectivity index (χ4v) is 9.54. The molecule has 1 atom stereocenters. The van der Waals surface area contributed by atoms with Gasteiger partial charge in [0.1, 0.15) is 28.9 Å². The Bertz CT molecular complexity index is 2290. The number of methoxy groups -OCH3 is 2. The summed E-state index contributed by atoms with van der Waals surface area (Å²) < 4.78 is 62.3. The van der Waals surface area contributed by atoms with Gasteiger partial charge in [-0.1, -0.05) is 44.2 Å². The zero-order valence-electron chi connectivity index (χ0n) is 31.8. The van der Waals surface area contributed by atoms with E-state index in [4.69, 9.17) is 23.7 Å². The minimum Gasteiger partial charge on any atom is -0.497 e. The summed E-state index contributed by atoms with van der Waals surface area (Å²) in [7, 11) is 3.34. The minimum atomic E-state index is -1.04. The topological polar surface area (TPSA) is 52.6 Å². The van der Waals surface area contributed by atoms with Crippen molar-refractivity contribution in [3.8, 4) is 28.4 Å². The summed E-state index contributed by atoms with van der Waals surface area (Å²) in [4.78, 5) is 4.60. The fourth-order valence-electron chi connectivity index (χ4n) is 9.54. The molecular formula is C46H46F2N2O5. The van der Waals surface area contributed by atoms with Gasteiger partial charge in [-0.2, -0.15) is 0 Å². The molecule has 5 aromatic carbocycles. The first-order valence-electron chi connectivity index (χ1n) is 19.4. The number of morpholine rings is 2. The zero-order chi connectivity index (χ0) is 37.9. The number of nitrogens with zero attached hydrogens (tertiary/aromatic N) is 2. The first-order chi connectivity index (χ1) is 26.9. The van der Waals surface area contributed by atoms with Crippen LogP contribution in [0.3, 0.4) is 0 Å². The molecule has 4 aliphatic rings. The lowest BCUT2D eigenvalue weighted by Crippen LogP contribution is -2.37. The maximum atomic E-state index is 16.3. The molecule has 9 rings (SSSR count). The van der Waals surface area contributed by atoms with Crippen molar-refractivity contribution in [2.75, 3.05) is 76.6 Å². The van der Waals surface area contributed by atoms with Crippen LogP contribution in [0.15, 0.2) is 78.9 Å². The van der Waals surface area contributed by atoms with Gasteiger partial charge < -0.3 is 33.5 Å². The van der Waals surface area contributed by atoms with Gasteiger partial charge in [0.15, 0.2) is 5.60 Å². The molecule has 0 aromatic heterocycles. The van der Waals surface area contributed by atoms with Crippen molar-refractivity contribution >= 4 is 28.2 Å². The van der Waals surface area contributed by atoms with Gasteiger partial charge in [-0.3, -0.25) is 0 Å². The van der Waals surface area contributed by atoms with Crippen LogP contribution in [0.25, 0.3) is 28.0 Å². The second-order valence-electron chi connectivity index (χ2n) is 14.8. The van der Waals surface area contributed by atoms with E-state index in [1.807, 2.05) is 30.3 Å². The SMILES string of the molecule is CCC1(CC)c2c(F)cc(F)cc2-c2c1c1c(c3cc(OC)c(N4CCOCC4)cc23)OC(c2ccc(OC)cc2)(c2ccc(N3CCOCC3)cc2)C=C1. The molecular weight excluding hydrogens is 699 g/mol. The van der Waals surface area contributed by atoms with Crippen LogP contribution in [0.1, 0.15) is 54.5 Å². The third-order valence-electron chi connectivity index (χ3n) is 12.4. The Morgan fingerprint density at radius 2 is 1.35 bits per heavy atom. The van der Waals surface area contributed by atoms with Gasteiger partial charge in [0.2, 0.25) is 0 Å². The maximum absolute atomic E-state index is 16.3. The number of anilines is 2. The van der Waals surface area contributed by atoms with Crippen LogP contribution in [0.5, 0.6) is 17.2 Å². The van der Waals surface area contributed by atoms with E-state index in [9.17, 15) is 0 Å². The van der Waals surface area contributed by atoms with Crippen molar-refractivity contribution in [2.24, 2.45) is 0 Å². The molecule has 0 amide bonds. The van der Waals surface area contributed by atoms with Crippen molar-refractivity contribution in [1.82, 2.24) is 0 Å². The molecule has 2 fully saturated rings. The number of hydrogen-bond donors (Lipinski definition) is 0. The molecule has 0 N–H and O–H groups in total. The van der Waals surface area contributed by atoms with Crippen LogP contribution in [-0.4, -0.2) is 66.8 Å². The molecule has 55 heavy (non-hydrogen) atoms. The molecule has 0 saturated carbocycles. The van der Waals surface area contributed by atoms with Crippen LogP contribution >= 0.6 is 0 Å². The molecule has 9 heteroatoms. The van der Waals surface area contributed by atoms with Gasteiger partial charge in [0, 0.05) is 71.0 Å². The third-order valence-corrected chi connectivity index (χ3v) is 12.4. The summed E-state index contributed by atoms with van der Waals surface area (Å²) >= 11 is 0. The summed E-state index contributed by atoms with van der Waals surface area (Å²) in [5.41, 5.74) is 6.01. The Labute approximate surface area is 321 Å². The summed E-state index contributed by atoms with van der Waals surface area (Å²) in [5, 5.41) is 1.68. The third kappa shape index (κ3) is 5.49. The summed E-state index contributed by atoms with van der Waals surface area (Å²) in [5.74, 6) is 1.00. The number of fused-ring (bicyclic) bond motifs is 8.